The lowest BCUT2D eigenvalue weighted by molar-refractivity contribution is -0.0123. The quantitative estimate of drug-likeness (QED) is 0.702. The third-order valence-electron chi connectivity index (χ3n) is 3.53. The summed E-state index contributed by atoms with van der Waals surface area (Å²) < 4.78 is 5.93. The third kappa shape index (κ3) is 1.51. The van der Waals surface area contributed by atoms with E-state index in [1.165, 1.54) is 0 Å². The molecule has 2 rings (SSSR count). The van der Waals surface area contributed by atoms with Crippen LogP contribution < -0.4 is 10.5 Å². The molecule has 0 aromatic heterocycles. The predicted molar refractivity (Wildman–Crippen MR) is 63.6 cm³/mol. The molecule has 0 bridgehead atoms. The van der Waals surface area contributed by atoms with Gasteiger partial charge in [0, 0.05) is 5.56 Å². The lowest BCUT2D eigenvalue weighted by atomic mass is 9.85. The zero-order valence-corrected chi connectivity index (χ0v) is 10.2. The summed E-state index contributed by atoms with van der Waals surface area (Å²) in [5, 5.41) is 10.2. The molecule has 2 unspecified atom stereocenters. The number of aliphatic hydroxyl groups excluding tert-OH is 1. The van der Waals surface area contributed by atoms with Crippen molar-refractivity contribution in [3.05, 3.63) is 28.8 Å². The van der Waals surface area contributed by atoms with Gasteiger partial charge in [0.25, 0.3) is 0 Å². The molecule has 0 amide bonds. The average Bonchev–Trinajstić information content (AvgIpc) is 2.21. The van der Waals surface area contributed by atoms with Crippen molar-refractivity contribution in [2.24, 2.45) is 5.73 Å². The summed E-state index contributed by atoms with van der Waals surface area (Å²) in [5.74, 6) is 0.791. The van der Waals surface area contributed by atoms with Gasteiger partial charge < -0.3 is 15.6 Å². The molecule has 2 atom stereocenters. The Hall–Kier alpha value is -1.06. The van der Waals surface area contributed by atoms with Crippen molar-refractivity contribution in [2.45, 2.75) is 45.4 Å². The monoisotopic (exact) mass is 221 g/mol. The Bertz CT molecular complexity index is 426. The van der Waals surface area contributed by atoms with E-state index in [4.69, 9.17) is 10.5 Å². The van der Waals surface area contributed by atoms with Crippen LogP contribution in [0.25, 0.3) is 0 Å². The van der Waals surface area contributed by atoms with Gasteiger partial charge in [0.15, 0.2) is 0 Å². The first-order valence-electron chi connectivity index (χ1n) is 5.57. The van der Waals surface area contributed by atoms with E-state index in [1.54, 1.807) is 0 Å². The van der Waals surface area contributed by atoms with Gasteiger partial charge >= 0.3 is 0 Å². The molecule has 0 spiro atoms. The first-order valence-corrected chi connectivity index (χ1v) is 5.57. The van der Waals surface area contributed by atoms with Crippen LogP contribution in [0.5, 0.6) is 5.75 Å². The Morgan fingerprint density at radius 2 is 1.94 bits per heavy atom. The maximum Gasteiger partial charge on any atom is 0.129 e. The topological polar surface area (TPSA) is 55.5 Å². The highest BCUT2D eigenvalue weighted by Crippen LogP contribution is 2.41. The highest BCUT2D eigenvalue weighted by molar-refractivity contribution is 5.48. The predicted octanol–water partition coefficient (Wildman–Crippen LogP) is 1.84. The fourth-order valence-electron chi connectivity index (χ4n) is 2.08. The van der Waals surface area contributed by atoms with Gasteiger partial charge in [-0.15, -0.1) is 0 Å². The normalized spacial score (nSPS) is 27.1. The van der Waals surface area contributed by atoms with E-state index in [0.29, 0.717) is 0 Å². The second kappa shape index (κ2) is 3.47. The fraction of sp³-hybridized carbons (Fsp3) is 0.538. The van der Waals surface area contributed by atoms with Crippen LogP contribution in [0, 0.1) is 13.8 Å². The molecule has 3 nitrogen and oxygen atoms in total. The van der Waals surface area contributed by atoms with Crippen LogP contribution in [0.15, 0.2) is 12.1 Å². The van der Waals surface area contributed by atoms with Crippen molar-refractivity contribution in [1.82, 2.24) is 0 Å². The number of aryl methyl sites for hydroxylation is 1. The van der Waals surface area contributed by atoms with Crippen LogP contribution in [0.1, 0.15) is 36.6 Å². The highest BCUT2D eigenvalue weighted by Gasteiger charge is 2.41. The Labute approximate surface area is 96.2 Å². The number of benzene rings is 1. The molecular formula is C13H19NO2. The van der Waals surface area contributed by atoms with Gasteiger partial charge in [-0.3, -0.25) is 0 Å². The molecule has 0 saturated carbocycles. The zero-order chi connectivity index (χ0) is 12.1. The van der Waals surface area contributed by atoms with Crippen molar-refractivity contribution in [3.63, 3.8) is 0 Å². The van der Waals surface area contributed by atoms with Gasteiger partial charge in [0.2, 0.25) is 0 Å². The summed E-state index contributed by atoms with van der Waals surface area (Å²) in [7, 11) is 0. The van der Waals surface area contributed by atoms with E-state index in [1.807, 2.05) is 39.8 Å². The van der Waals surface area contributed by atoms with E-state index in [2.05, 4.69) is 0 Å². The lowest BCUT2D eigenvalue weighted by Gasteiger charge is -2.41. The highest BCUT2D eigenvalue weighted by atomic mass is 16.5. The van der Waals surface area contributed by atoms with Crippen molar-refractivity contribution < 1.29 is 9.84 Å². The first-order chi connectivity index (χ1) is 7.34. The molecule has 16 heavy (non-hydrogen) atoms. The molecular weight excluding hydrogens is 202 g/mol. The lowest BCUT2D eigenvalue weighted by Crippen LogP contribution is -2.54. The standard InChI is InChI=1S/C13H19NO2/c1-7-5-6-9-10(15)12(14)13(3,4)16-11(9)8(7)2/h5-6,10,12,15H,14H2,1-4H3. The molecule has 1 aromatic rings. The number of hydrogen-bond acceptors (Lipinski definition) is 3. The summed E-state index contributed by atoms with van der Waals surface area (Å²) in [6, 6.07) is 3.49. The van der Waals surface area contributed by atoms with Gasteiger partial charge in [-0.05, 0) is 38.8 Å². The van der Waals surface area contributed by atoms with Gasteiger partial charge in [-0.1, -0.05) is 12.1 Å². The zero-order valence-electron chi connectivity index (χ0n) is 10.2. The smallest absolute Gasteiger partial charge is 0.129 e. The maximum atomic E-state index is 10.2. The molecule has 1 aromatic carbocycles. The van der Waals surface area contributed by atoms with E-state index in [9.17, 15) is 5.11 Å². The minimum atomic E-state index is -0.655. The summed E-state index contributed by atoms with van der Waals surface area (Å²) in [4.78, 5) is 0. The Balaban J connectivity index is 2.59. The molecule has 88 valence electrons. The number of fused-ring (bicyclic) bond motifs is 1. The molecule has 1 aliphatic rings. The van der Waals surface area contributed by atoms with Crippen LogP contribution in [-0.4, -0.2) is 16.7 Å². The van der Waals surface area contributed by atoms with Crippen molar-refractivity contribution in [2.75, 3.05) is 0 Å². The first kappa shape index (κ1) is 11.4. The number of aliphatic hydroxyl groups is 1. The van der Waals surface area contributed by atoms with Crippen LogP contribution >= 0.6 is 0 Å². The van der Waals surface area contributed by atoms with Crippen molar-refractivity contribution in [1.29, 1.82) is 0 Å². The minimum absolute atomic E-state index is 0.401. The van der Waals surface area contributed by atoms with E-state index in [-0.39, 0.29) is 0 Å². The average molecular weight is 221 g/mol. The summed E-state index contributed by atoms with van der Waals surface area (Å²) in [6.07, 6.45) is -0.655. The Morgan fingerprint density at radius 3 is 2.56 bits per heavy atom. The molecule has 1 aliphatic heterocycles. The minimum Gasteiger partial charge on any atom is -0.485 e. The van der Waals surface area contributed by atoms with Crippen LogP contribution in [-0.2, 0) is 0 Å². The van der Waals surface area contributed by atoms with Crippen LogP contribution in [0.2, 0.25) is 0 Å². The summed E-state index contributed by atoms with van der Waals surface area (Å²) in [5.41, 5.74) is 8.49. The number of ether oxygens (including phenoxy) is 1. The fourth-order valence-corrected chi connectivity index (χ4v) is 2.08. The van der Waals surface area contributed by atoms with Gasteiger partial charge in [0.1, 0.15) is 17.5 Å². The van der Waals surface area contributed by atoms with Crippen molar-refractivity contribution in [3.8, 4) is 5.75 Å². The summed E-state index contributed by atoms with van der Waals surface area (Å²) in [6.45, 7) is 7.86. The Kier molecular flexibility index (Phi) is 2.48. The summed E-state index contributed by atoms with van der Waals surface area (Å²) >= 11 is 0. The molecule has 0 radical (unpaired) electrons. The van der Waals surface area contributed by atoms with Crippen LogP contribution in [0.4, 0.5) is 0 Å². The third-order valence-corrected chi connectivity index (χ3v) is 3.53. The van der Waals surface area contributed by atoms with E-state index < -0.39 is 17.7 Å². The molecule has 0 fully saturated rings. The number of rotatable bonds is 0. The second-order valence-electron chi connectivity index (χ2n) is 5.10. The van der Waals surface area contributed by atoms with Crippen LogP contribution in [0.3, 0.4) is 0 Å². The SMILES string of the molecule is Cc1ccc2c(c1C)OC(C)(C)C(N)C2O. The largest absolute Gasteiger partial charge is 0.485 e. The molecule has 1 heterocycles. The second-order valence-corrected chi connectivity index (χ2v) is 5.10. The molecule has 0 aliphatic carbocycles. The van der Waals surface area contributed by atoms with E-state index in [0.717, 1.165) is 22.4 Å². The molecule has 3 N–H and O–H groups in total. The molecule has 0 saturated heterocycles. The maximum absolute atomic E-state index is 10.2. The van der Waals surface area contributed by atoms with Gasteiger partial charge in [-0.2, -0.15) is 0 Å². The number of nitrogens with two attached hydrogens (primary N) is 1. The van der Waals surface area contributed by atoms with Gasteiger partial charge in [0.05, 0.1) is 6.04 Å². The van der Waals surface area contributed by atoms with Gasteiger partial charge in [-0.25, -0.2) is 0 Å². The van der Waals surface area contributed by atoms with E-state index >= 15 is 0 Å². The van der Waals surface area contributed by atoms with Crippen molar-refractivity contribution >= 4 is 0 Å². The molecule has 3 heteroatoms. The number of hydrogen-bond donors (Lipinski definition) is 2. The Morgan fingerprint density at radius 1 is 1.31 bits per heavy atom.